The van der Waals surface area contributed by atoms with E-state index in [0.29, 0.717) is 26.2 Å². The minimum Gasteiger partial charge on any atom is -0.512 e. The molecular weight excluding hydrogens is 661 g/mol. The van der Waals surface area contributed by atoms with Crippen molar-refractivity contribution in [2.45, 2.75) is 0 Å². The first kappa shape index (κ1) is 62.1. The van der Waals surface area contributed by atoms with Crippen molar-refractivity contribution < 1.29 is 61.3 Å². The van der Waals surface area contributed by atoms with Crippen molar-refractivity contribution >= 4 is 0 Å². The summed E-state index contributed by atoms with van der Waals surface area (Å²) >= 11 is 0. The fourth-order valence-corrected chi connectivity index (χ4v) is 0. The summed E-state index contributed by atoms with van der Waals surface area (Å²) in [7, 11) is 0. The molecule has 0 aliphatic rings. The van der Waals surface area contributed by atoms with Crippen LogP contribution in [-0.4, -0.2) is 26.2 Å². The molecule has 0 aromatic heterocycles. The predicted molar refractivity (Wildman–Crippen MR) is 56.1 cm³/mol. The van der Waals surface area contributed by atoms with Gasteiger partial charge in [0.1, 0.15) is 0 Å². The quantitative estimate of drug-likeness (QED) is 0.194. The molecule has 0 aliphatic carbocycles. The van der Waals surface area contributed by atoms with E-state index < -0.39 is 0 Å². The van der Waals surface area contributed by atoms with Gasteiger partial charge in [0, 0.05) is 26.2 Å². The molecule has 8 N–H and O–H groups in total. The molecule has 0 saturated heterocycles. The Morgan fingerprint density at radius 1 is 0.474 bits per heavy atom. The van der Waals surface area contributed by atoms with Crippen LogP contribution in [0, 0.1) is 47.3 Å². The van der Waals surface area contributed by atoms with Gasteiger partial charge in [-0.3, -0.25) is 0 Å². The smallest absolute Gasteiger partial charge is 0.512 e. The Bertz CT molecular complexity index is 108. The van der Waals surface area contributed by atoms with Crippen LogP contribution in [0.15, 0.2) is 0 Å². The van der Waals surface area contributed by atoms with Crippen LogP contribution in [0.25, 0.3) is 0 Å². The first-order chi connectivity index (χ1) is 7.83. The van der Waals surface area contributed by atoms with Crippen LogP contribution in [0.3, 0.4) is 0 Å². The summed E-state index contributed by atoms with van der Waals surface area (Å²) in [5.74, 6) is 0. The van der Waals surface area contributed by atoms with Gasteiger partial charge in [-0.05, 0) is 0 Å². The first-order valence-electron chi connectivity index (χ1n) is 3.53. The summed E-state index contributed by atoms with van der Waals surface area (Å²) in [6, 6.07) is 0. The number of hydrogen-bond acceptors (Lipinski definition) is 8. The minimum atomic E-state index is 0. The molecule has 0 unspecified atom stereocenters. The first-order valence-corrected chi connectivity index (χ1v) is 3.53. The number of hydrogen-bond donors (Lipinski definition) is 4. The van der Waals surface area contributed by atoms with Crippen LogP contribution in [0.1, 0.15) is 0 Å². The maximum absolute atomic E-state index is 6.25. The van der Waals surface area contributed by atoms with E-state index in [4.69, 9.17) is 70.3 Å². The van der Waals surface area contributed by atoms with Gasteiger partial charge in [0.25, 0.3) is 0 Å². The Morgan fingerprint density at radius 3 is 0.526 bits per heavy atom. The van der Waals surface area contributed by atoms with Crippen LogP contribution >= 0.6 is 0 Å². The van der Waals surface area contributed by atoms with Crippen LogP contribution in [-0.2, 0) is 61.3 Å². The molecule has 0 amide bonds. The Hall–Kier alpha value is -0.226. The zero-order valence-corrected chi connectivity index (χ0v) is 15.2. The molecule has 0 bridgehead atoms. The van der Waals surface area contributed by atoms with Crippen molar-refractivity contribution in [2.24, 2.45) is 22.9 Å². The van der Waals surface area contributed by atoms with Gasteiger partial charge in [0.05, 0.1) is 0 Å². The van der Waals surface area contributed by atoms with Crippen molar-refractivity contribution in [3.05, 3.63) is 26.3 Å². The van der Waals surface area contributed by atoms with Crippen molar-refractivity contribution in [2.75, 3.05) is 26.2 Å². The normalized spacial score (nSPS) is 3.58. The zero-order chi connectivity index (χ0) is 14.8. The largest absolute Gasteiger partial charge is 2.00 e. The molecule has 0 fully saturated rings. The topological polar surface area (TPSA) is 199 Å². The van der Waals surface area contributed by atoms with E-state index in [-0.39, 0.29) is 61.3 Å². The van der Waals surface area contributed by atoms with E-state index >= 15 is 0 Å². The molecule has 0 spiro atoms. The van der Waals surface area contributed by atoms with Crippen LogP contribution < -0.4 is 22.9 Å². The molecule has 120 valence electrons. The monoisotopic (exact) mass is 676 g/mol. The summed E-state index contributed by atoms with van der Waals surface area (Å²) < 4.78 is 0. The molecule has 0 radical (unpaired) electrons. The second-order valence-corrected chi connectivity index (χ2v) is 1.15. The molecule has 11 heteroatoms. The maximum Gasteiger partial charge on any atom is 2.00 e. The summed E-state index contributed by atoms with van der Waals surface area (Å²) in [5.41, 5.74) is 19.6. The van der Waals surface area contributed by atoms with Gasteiger partial charge in [-0.1, -0.05) is 0 Å². The summed E-state index contributed by atoms with van der Waals surface area (Å²) in [6.45, 7) is 21.4. The van der Waals surface area contributed by atoms with Crippen molar-refractivity contribution in [1.82, 2.24) is 0 Å². The van der Waals surface area contributed by atoms with E-state index in [2.05, 4.69) is 0 Å². The Balaban J connectivity index is -0.00000000908. The van der Waals surface area contributed by atoms with Crippen LogP contribution in [0.4, 0.5) is 0 Å². The summed E-state index contributed by atoms with van der Waals surface area (Å²) in [6.07, 6.45) is 0. The third-order valence-corrected chi connectivity index (χ3v) is 0.333. The maximum atomic E-state index is 6.25. The van der Waals surface area contributed by atoms with Gasteiger partial charge in [-0.25, -0.2) is 0 Å². The van der Waals surface area contributed by atoms with E-state index in [1.165, 1.54) is 0 Å². The third kappa shape index (κ3) is 1410. The Labute approximate surface area is 157 Å². The van der Waals surface area contributed by atoms with Gasteiger partial charge in [0.15, 0.2) is 0 Å². The molecular formula is C8H16Au2N8Ni. The molecule has 0 aliphatic heterocycles. The molecule has 0 heterocycles. The Morgan fingerprint density at radius 2 is 0.526 bits per heavy atom. The second kappa shape index (κ2) is 351. The number of nitrogens with two attached hydrogens (primary N) is 4. The zero-order valence-electron chi connectivity index (χ0n) is 9.85. The molecule has 0 saturated carbocycles. The fourth-order valence-electron chi connectivity index (χ4n) is 0. The number of nitrogens with zero attached hydrogens (tertiary/aromatic N) is 4. The van der Waals surface area contributed by atoms with E-state index in [9.17, 15) is 0 Å². The molecule has 0 atom stereocenters. The van der Waals surface area contributed by atoms with Crippen LogP contribution in [0.5, 0.6) is 0 Å². The molecule has 0 aromatic rings. The minimum absolute atomic E-state index is 0. The van der Waals surface area contributed by atoms with Gasteiger partial charge >= 0.3 is 61.3 Å². The van der Waals surface area contributed by atoms with Gasteiger partial charge in [-0.2, -0.15) is 0 Å². The summed E-state index contributed by atoms with van der Waals surface area (Å²) in [4.78, 5) is 0. The van der Waals surface area contributed by atoms with Crippen molar-refractivity contribution in [1.29, 1.82) is 21.0 Å². The average molecular weight is 677 g/mol. The fraction of sp³-hybridized carbons (Fsp3) is 0.500. The molecule has 19 heavy (non-hydrogen) atoms. The molecule has 0 rings (SSSR count). The average Bonchev–Trinajstić information content (AvgIpc) is 2.47. The van der Waals surface area contributed by atoms with Crippen LogP contribution in [0.2, 0.25) is 0 Å². The molecule has 8 nitrogen and oxygen atoms in total. The third-order valence-electron chi connectivity index (χ3n) is 0.333. The standard InChI is InChI=1S/2C2H8N2.4CN.2Au.Ni/c2*3-1-2-4;4*1-2;;;/h2*1-4H2;;;;;;;/q;;4*-1;2*+1;+2. The van der Waals surface area contributed by atoms with E-state index in [1.807, 2.05) is 0 Å². The number of rotatable bonds is 2. The summed E-state index contributed by atoms with van der Waals surface area (Å²) in [5, 5.41) is 25.0. The predicted octanol–water partition coefficient (Wildman–Crippen LogP) is -1.81. The van der Waals surface area contributed by atoms with E-state index in [0.717, 1.165) is 0 Å². The van der Waals surface area contributed by atoms with Crippen molar-refractivity contribution in [3.8, 4) is 0 Å². The van der Waals surface area contributed by atoms with Gasteiger partial charge in [0.2, 0.25) is 0 Å². The van der Waals surface area contributed by atoms with Gasteiger partial charge < -0.3 is 70.3 Å². The van der Waals surface area contributed by atoms with Gasteiger partial charge in [-0.15, -0.1) is 0 Å². The molecule has 0 aromatic carbocycles. The SMILES string of the molecule is NCCN.NCCN.[Au+].[Au+].[C-]#N.[C-]#N.[C-]#N.[C-]#N.[Ni+2]. The van der Waals surface area contributed by atoms with Crippen molar-refractivity contribution in [3.63, 3.8) is 0 Å². The van der Waals surface area contributed by atoms with E-state index in [1.54, 1.807) is 0 Å². The Kier molecular flexibility index (Phi) is 1150. The second-order valence-electron chi connectivity index (χ2n) is 1.15.